The highest BCUT2D eigenvalue weighted by molar-refractivity contribution is 6.32. The van der Waals surface area contributed by atoms with Crippen LogP contribution in [0.5, 0.6) is 0 Å². The first-order valence-electron chi connectivity index (χ1n) is 7.47. The van der Waals surface area contributed by atoms with Crippen molar-refractivity contribution < 1.29 is 14.0 Å². The first-order chi connectivity index (χ1) is 12.0. The van der Waals surface area contributed by atoms with Crippen molar-refractivity contribution in [3.63, 3.8) is 0 Å². The molecule has 0 fully saturated rings. The lowest BCUT2D eigenvalue weighted by Crippen LogP contribution is -2.38. The van der Waals surface area contributed by atoms with Crippen LogP contribution < -0.4 is 0 Å². The Morgan fingerprint density at radius 3 is 2.92 bits per heavy atom. The minimum atomic E-state index is -0.508. The molecule has 0 saturated carbocycles. The summed E-state index contributed by atoms with van der Waals surface area (Å²) in [6.07, 6.45) is 3.09. The highest BCUT2D eigenvalue weighted by Gasteiger charge is 2.34. The van der Waals surface area contributed by atoms with Gasteiger partial charge in [-0.3, -0.25) is 10.2 Å². The number of hydrogen-bond donors (Lipinski definition) is 1. The van der Waals surface area contributed by atoms with Gasteiger partial charge in [0.1, 0.15) is 17.3 Å². The summed E-state index contributed by atoms with van der Waals surface area (Å²) in [6.45, 7) is 1.73. The monoisotopic (exact) mass is 353 g/mol. The normalized spacial score (nSPS) is 18.2. The predicted octanol–water partition coefficient (Wildman–Crippen LogP) is 4.05. The molecule has 3 heterocycles. The molecule has 7 heteroatoms. The Labute approximate surface area is 148 Å². The zero-order valence-corrected chi connectivity index (χ0v) is 13.9. The van der Waals surface area contributed by atoms with Crippen molar-refractivity contribution in [1.29, 1.82) is 5.41 Å². The van der Waals surface area contributed by atoms with Crippen LogP contribution in [0.15, 0.2) is 63.2 Å². The molecule has 4 rings (SSSR count). The molecule has 0 unspecified atom stereocenters. The molecule has 2 aliphatic heterocycles. The van der Waals surface area contributed by atoms with Crippen LogP contribution in [0, 0.1) is 5.41 Å². The molecule has 2 aromatic rings. The Bertz CT molecular complexity index is 1000. The van der Waals surface area contributed by atoms with Crippen LogP contribution in [0.3, 0.4) is 0 Å². The van der Waals surface area contributed by atoms with E-state index in [4.69, 9.17) is 26.3 Å². The van der Waals surface area contributed by atoms with E-state index < -0.39 is 5.91 Å². The second-order valence-electron chi connectivity index (χ2n) is 5.53. The zero-order valence-electron chi connectivity index (χ0n) is 13.1. The van der Waals surface area contributed by atoms with Crippen LogP contribution in [0.2, 0.25) is 5.02 Å². The molecule has 1 aromatic heterocycles. The van der Waals surface area contributed by atoms with Crippen LogP contribution in [0.4, 0.5) is 0 Å². The molecule has 6 nitrogen and oxygen atoms in total. The van der Waals surface area contributed by atoms with Gasteiger partial charge in [0.05, 0.1) is 5.57 Å². The molecular formula is C18H12ClN3O3. The van der Waals surface area contributed by atoms with Gasteiger partial charge in [-0.15, -0.1) is 5.06 Å². The Kier molecular flexibility index (Phi) is 3.54. The minimum Gasteiger partial charge on any atom is -0.457 e. The lowest BCUT2D eigenvalue weighted by molar-refractivity contribution is -0.114. The van der Waals surface area contributed by atoms with Crippen molar-refractivity contribution in [2.45, 2.75) is 6.92 Å². The van der Waals surface area contributed by atoms with Gasteiger partial charge in [0.25, 0.3) is 5.91 Å². The Morgan fingerprint density at radius 1 is 1.28 bits per heavy atom. The van der Waals surface area contributed by atoms with E-state index in [0.717, 1.165) is 5.56 Å². The van der Waals surface area contributed by atoms with Gasteiger partial charge in [-0.05, 0) is 37.3 Å². The Morgan fingerprint density at radius 2 is 2.12 bits per heavy atom. The van der Waals surface area contributed by atoms with Gasteiger partial charge in [0.2, 0.25) is 0 Å². The summed E-state index contributed by atoms with van der Waals surface area (Å²) in [7, 11) is 0. The maximum atomic E-state index is 12.2. The summed E-state index contributed by atoms with van der Waals surface area (Å²) in [5.41, 5.74) is 0.920. The van der Waals surface area contributed by atoms with Crippen LogP contribution >= 0.6 is 11.6 Å². The number of benzene rings is 1. The molecule has 0 aliphatic carbocycles. The number of rotatable bonds is 2. The van der Waals surface area contributed by atoms with Crippen molar-refractivity contribution in [2.75, 3.05) is 0 Å². The molecule has 1 N–H and O–H groups in total. The quantitative estimate of drug-likeness (QED) is 0.826. The van der Waals surface area contributed by atoms with Gasteiger partial charge >= 0.3 is 0 Å². The summed E-state index contributed by atoms with van der Waals surface area (Å²) in [6, 6.07) is 10.8. The molecule has 0 saturated heterocycles. The highest BCUT2D eigenvalue weighted by atomic mass is 35.5. The second-order valence-corrected chi connectivity index (χ2v) is 5.97. The number of hydrogen-bond acceptors (Lipinski definition) is 4. The van der Waals surface area contributed by atoms with Crippen molar-refractivity contribution >= 4 is 35.3 Å². The Balaban J connectivity index is 1.66. The highest BCUT2D eigenvalue weighted by Crippen LogP contribution is 2.27. The number of furan rings is 1. The summed E-state index contributed by atoms with van der Waals surface area (Å²) >= 11 is 5.99. The Hall–Kier alpha value is -3.12. The second kappa shape index (κ2) is 5.75. The first-order valence-corrected chi connectivity index (χ1v) is 7.85. The number of fused-ring (bicyclic) bond motifs is 1. The van der Waals surface area contributed by atoms with Crippen molar-refractivity contribution in [2.24, 2.45) is 4.99 Å². The lowest BCUT2D eigenvalue weighted by atomic mass is 10.1. The van der Waals surface area contributed by atoms with E-state index in [2.05, 4.69) is 4.99 Å². The molecule has 0 spiro atoms. The number of carbonyl (C=O) groups is 1. The van der Waals surface area contributed by atoms with Crippen LogP contribution in [0.25, 0.3) is 17.4 Å². The van der Waals surface area contributed by atoms with E-state index in [1.165, 1.54) is 11.1 Å². The fourth-order valence-electron chi connectivity index (χ4n) is 2.57. The number of allylic oxidation sites excluding steroid dienone is 1. The third kappa shape index (κ3) is 2.77. The van der Waals surface area contributed by atoms with Crippen LogP contribution in [-0.4, -0.2) is 22.6 Å². The number of aliphatic imine (C=N–C) groups is 1. The third-order valence-corrected chi connectivity index (χ3v) is 3.94. The summed E-state index contributed by atoms with van der Waals surface area (Å²) in [4.78, 5) is 21.5. The SMILES string of the molecule is CC1=CC2=NC(=O)C(=Cc3ccc(-c4cccc(Cl)c4)o3)C(=N)N2O1. The first kappa shape index (κ1) is 15.4. The lowest BCUT2D eigenvalue weighted by Gasteiger charge is -2.22. The number of nitrogens with one attached hydrogen (secondary N) is 1. The van der Waals surface area contributed by atoms with Gasteiger partial charge in [-0.25, -0.2) is 0 Å². The van der Waals surface area contributed by atoms with Gasteiger partial charge in [-0.1, -0.05) is 23.7 Å². The molecular weight excluding hydrogens is 342 g/mol. The predicted molar refractivity (Wildman–Crippen MR) is 94.0 cm³/mol. The molecule has 1 aromatic carbocycles. The summed E-state index contributed by atoms with van der Waals surface area (Å²) < 4.78 is 5.75. The van der Waals surface area contributed by atoms with Gasteiger partial charge < -0.3 is 9.25 Å². The fraction of sp³-hybridized carbons (Fsp3) is 0.0556. The fourth-order valence-corrected chi connectivity index (χ4v) is 2.76. The summed E-state index contributed by atoms with van der Waals surface area (Å²) in [5.74, 6) is 1.34. The van der Waals surface area contributed by atoms with Crippen molar-refractivity contribution in [3.05, 3.63) is 64.6 Å². The van der Waals surface area contributed by atoms with Crippen molar-refractivity contribution in [1.82, 2.24) is 5.06 Å². The number of hydroxylamine groups is 2. The number of amides is 1. The minimum absolute atomic E-state index is 0.0798. The molecule has 0 bridgehead atoms. The maximum absolute atomic E-state index is 12.2. The van der Waals surface area contributed by atoms with Crippen molar-refractivity contribution in [3.8, 4) is 11.3 Å². The van der Waals surface area contributed by atoms with E-state index in [1.807, 2.05) is 12.1 Å². The third-order valence-electron chi connectivity index (χ3n) is 3.70. The average Bonchev–Trinajstić information content (AvgIpc) is 3.18. The molecule has 2 aliphatic rings. The van der Waals surface area contributed by atoms with E-state index in [-0.39, 0.29) is 11.4 Å². The van der Waals surface area contributed by atoms with E-state index >= 15 is 0 Å². The topological polar surface area (TPSA) is 78.9 Å². The number of carbonyl (C=O) groups excluding carboxylic acids is 1. The standard InChI is InChI=1S/C18H12ClN3O3/c1-10-7-16-21-18(23)14(17(20)22(16)25-10)9-13-5-6-15(24-13)11-3-2-4-12(19)8-11/h2-9,20H,1H3. The molecule has 0 radical (unpaired) electrons. The molecule has 25 heavy (non-hydrogen) atoms. The van der Waals surface area contributed by atoms with Crippen LogP contribution in [0.1, 0.15) is 12.7 Å². The molecule has 1 amide bonds. The van der Waals surface area contributed by atoms with E-state index in [9.17, 15) is 4.79 Å². The number of nitrogens with zero attached hydrogens (tertiary/aromatic N) is 2. The van der Waals surface area contributed by atoms with Gasteiger partial charge in [0, 0.05) is 16.7 Å². The zero-order chi connectivity index (χ0) is 17.6. The maximum Gasteiger partial charge on any atom is 0.283 e. The number of halogens is 1. The largest absolute Gasteiger partial charge is 0.457 e. The number of amidine groups is 2. The molecule has 0 atom stereocenters. The van der Waals surface area contributed by atoms with E-state index in [1.54, 1.807) is 37.3 Å². The molecule has 124 valence electrons. The average molecular weight is 354 g/mol. The van der Waals surface area contributed by atoms with Crippen LogP contribution in [-0.2, 0) is 9.63 Å². The van der Waals surface area contributed by atoms with Gasteiger partial charge in [-0.2, -0.15) is 4.99 Å². The summed E-state index contributed by atoms with van der Waals surface area (Å²) in [5, 5.41) is 10.00. The van der Waals surface area contributed by atoms with E-state index in [0.29, 0.717) is 28.1 Å². The van der Waals surface area contributed by atoms with Gasteiger partial charge in [0.15, 0.2) is 11.7 Å². The smallest absolute Gasteiger partial charge is 0.283 e.